The smallest absolute Gasteiger partial charge is 0.316 e. The summed E-state index contributed by atoms with van der Waals surface area (Å²) in [5.74, 6) is -2.47. The van der Waals surface area contributed by atoms with E-state index >= 15 is 0 Å². The zero-order chi connectivity index (χ0) is 15.5. The first kappa shape index (κ1) is 15.2. The number of rotatable bonds is 3. The summed E-state index contributed by atoms with van der Waals surface area (Å²) < 4.78 is 37.8. The van der Waals surface area contributed by atoms with Crippen molar-refractivity contribution in [2.45, 2.75) is 12.7 Å². The van der Waals surface area contributed by atoms with E-state index in [4.69, 9.17) is 0 Å². The highest BCUT2D eigenvalue weighted by Gasteiger charge is 2.38. The van der Waals surface area contributed by atoms with Gasteiger partial charge in [-0.1, -0.05) is 30.3 Å². The van der Waals surface area contributed by atoms with Crippen molar-refractivity contribution in [3.63, 3.8) is 0 Å². The standard InChI is InChI=1S/C13H9F3N2O2S/c14-13(15,16)11(20)17-12-18(6-7-21-12)8-10(19)9-4-2-1-3-5-9/h1-7H,8H2. The van der Waals surface area contributed by atoms with Gasteiger partial charge in [0.25, 0.3) is 0 Å². The molecule has 0 saturated carbocycles. The fourth-order valence-electron chi connectivity index (χ4n) is 1.53. The summed E-state index contributed by atoms with van der Waals surface area (Å²) in [6.07, 6.45) is -3.61. The highest BCUT2D eigenvalue weighted by atomic mass is 32.1. The van der Waals surface area contributed by atoms with E-state index in [0.717, 1.165) is 11.3 Å². The normalized spacial score (nSPS) is 12.4. The second kappa shape index (κ2) is 6.04. The predicted molar refractivity (Wildman–Crippen MR) is 69.7 cm³/mol. The maximum Gasteiger partial charge on any atom is 0.473 e. The molecule has 0 aliphatic heterocycles. The van der Waals surface area contributed by atoms with Crippen LogP contribution in [0.15, 0.2) is 46.9 Å². The van der Waals surface area contributed by atoms with Crippen LogP contribution < -0.4 is 4.80 Å². The number of nitrogens with zero attached hydrogens (tertiary/aromatic N) is 2. The van der Waals surface area contributed by atoms with E-state index in [2.05, 4.69) is 4.99 Å². The summed E-state index contributed by atoms with van der Waals surface area (Å²) in [6.45, 7) is -0.183. The lowest BCUT2D eigenvalue weighted by atomic mass is 10.1. The molecule has 1 amide bonds. The quantitative estimate of drug-likeness (QED) is 0.817. The molecular formula is C13H9F3N2O2S. The second-order valence-corrected chi connectivity index (χ2v) is 4.89. The Kier molecular flexibility index (Phi) is 4.37. The van der Waals surface area contributed by atoms with E-state index in [9.17, 15) is 22.8 Å². The summed E-state index contributed by atoms with van der Waals surface area (Å²) >= 11 is 0.854. The highest BCUT2D eigenvalue weighted by molar-refractivity contribution is 7.07. The van der Waals surface area contributed by atoms with Gasteiger partial charge in [0, 0.05) is 17.1 Å². The van der Waals surface area contributed by atoms with E-state index in [1.807, 2.05) is 0 Å². The molecule has 0 fully saturated rings. The molecule has 0 aliphatic carbocycles. The van der Waals surface area contributed by atoms with Gasteiger partial charge in [-0.25, -0.2) is 0 Å². The fraction of sp³-hybridized carbons (Fsp3) is 0.154. The number of benzene rings is 1. The molecule has 0 saturated heterocycles. The summed E-state index contributed by atoms with van der Waals surface area (Å²) in [7, 11) is 0. The monoisotopic (exact) mass is 314 g/mol. The van der Waals surface area contributed by atoms with Gasteiger partial charge in [0.1, 0.15) is 0 Å². The Morgan fingerprint density at radius 1 is 1.19 bits per heavy atom. The largest absolute Gasteiger partial charge is 0.473 e. The number of hydrogen-bond donors (Lipinski definition) is 0. The number of alkyl halides is 3. The lowest BCUT2D eigenvalue weighted by Gasteiger charge is -2.03. The van der Waals surface area contributed by atoms with Crippen LogP contribution in [0.3, 0.4) is 0 Å². The molecule has 0 radical (unpaired) electrons. The van der Waals surface area contributed by atoms with Crippen molar-refractivity contribution >= 4 is 23.0 Å². The Balaban J connectivity index is 2.24. The minimum atomic E-state index is -5.02. The molecule has 1 aromatic carbocycles. The van der Waals surface area contributed by atoms with Crippen molar-refractivity contribution in [3.8, 4) is 0 Å². The first-order valence-electron chi connectivity index (χ1n) is 5.76. The molecular weight excluding hydrogens is 305 g/mol. The third kappa shape index (κ3) is 3.88. The number of carbonyl (C=O) groups is 2. The molecule has 1 heterocycles. The summed E-state index contributed by atoms with van der Waals surface area (Å²) in [5.41, 5.74) is 0.435. The minimum Gasteiger partial charge on any atom is -0.316 e. The Morgan fingerprint density at radius 3 is 2.48 bits per heavy atom. The Bertz CT molecular complexity index is 717. The van der Waals surface area contributed by atoms with Gasteiger partial charge in [0.15, 0.2) is 10.6 Å². The Morgan fingerprint density at radius 2 is 1.86 bits per heavy atom. The maximum absolute atomic E-state index is 12.2. The van der Waals surface area contributed by atoms with Gasteiger partial charge in [-0.2, -0.15) is 18.2 Å². The van der Waals surface area contributed by atoms with E-state index in [0.29, 0.717) is 5.56 Å². The average Bonchev–Trinajstić information content (AvgIpc) is 2.86. The topological polar surface area (TPSA) is 51.4 Å². The molecule has 8 heteroatoms. The maximum atomic E-state index is 12.2. The van der Waals surface area contributed by atoms with Gasteiger partial charge in [0.05, 0.1) is 6.54 Å². The second-order valence-electron chi connectivity index (χ2n) is 4.02. The van der Waals surface area contributed by atoms with Crippen LogP contribution in [0.2, 0.25) is 0 Å². The van der Waals surface area contributed by atoms with E-state index in [1.54, 1.807) is 30.3 Å². The van der Waals surface area contributed by atoms with Crippen molar-refractivity contribution < 1.29 is 22.8 Å². The van der Waals surface area contributed by atoms with Crippen LogP contribution in [0.4, 0.5) is 13.2 Å². The van der Waals surface area contributed by atoms with Gasteiger partial charge >= 0.3 is 12.1 Å². The highest BCUT2D eigenvalue weighted by Crippen LogP contribution is 2.16. The predicted octanol–water partition coefficient (Wildman–Crippen LogP) is 2.42. The van der Waals surface area contributed by atoms with Crippen LogP contribution in [0.25, 0.3) is 0 Å². The van der Waals surface area contributed by atoms with Crippen molar-refractivity contribution in [2.75, 3.05) is 0 Å². The summed E-state index contributed by atoms with van der Waals surface area (Å²) in [5, 5.41) is 1.46. The van der Waals surface area contributed by atoms with E-state index in [1.165, 1.54) is 16.1 Å². The van der Waals surface area contributed by atoms with E-state index in [-0.39, 0.29) is 17.1 Å². The van der Waals surface area contributed by atoms with Crippen LogP contribution in [0, 0.1) is 0 Å². The van der Waals surface area contributed by atoms with Crippen LogP contribution in [0.1, 0.15) is 10.4 Å². The summed E-state index contributed by atoms with van der Waals surface area (Å²) in [6, 6.07) is 8.32. The number of aromatic nitrogens is 1. The molecule has 0 unspecified atom stereocenters. The molecule has 0 bridgehead atoms. The van der Waals surface area contributed by atoms with Gasteiger partial charge in [0.2, 0.25) is 0 Å². The molecule has 4 nitrogen and oxygen atoms in total. The van der Waals surface area contributed by atoms with Crippen molar-refractivity contribution in [3.05, 3.63) is 52.3 Å². The first-order valence-corrected chi connectivity index (χ1v) is 6.64. The van der Waals surface area contributed by atoms with Crippen LogP contribution in [0.5, 0.6) is 0 Å². The molecule has 110 valence electrons. The van der Waals surface area contributed by atoms with Crippen LogP contribution in [-0.2, 0) is 11.3 Å². The fourth-order valence-corrected chi connectivity index (χ4v) is 2.25. The number of ketones is 1. The Labute approximate surface area is 121 Å². The van der Waals surface area contributed by atoms with Crippen LogP contribution >= 0.6 is 11.3 Å². The average molecular weight is 314 g/mol. The molecule has 1 aromatic heterocycles. The van der Waals surface area contributed by atoms with Crippen LogP contribution in [-0.4, -0.2) is 22.4 Å². The lowest BCUT2D eigenvalue weighted by Crippen LogP contribution is -2.26. The third-order valence-electron chi connectivity index (χ3n) is 2.51. The molecule has 2 rings (SSSR count). The van der Waals surface area contributed by atoms with E-state index < -0.39 is 12.1 Å². The number of thiazole rings is 1. The Hall–Kier alpha value is -2.22. The number of halogens is 3. The lowest BCUT2D eigenvalue weighted by molar-refractivity contribution is -0.169. The van der Waals surface area contributed by atoms with Gasteiger partial charge in [-0.15, -0.1) is 11.3 Å². The first-order chi connectivity index (χ1) is 9.88. The van der Waals surface area contributed by atoms with Crippen molar-refractivity contribution in [2.24, 2.45) is 4.99 Å². The molecule has 0 aliphatic rings. The summed E-state index contributed by atoms with van der Waals surface area (Å²) in [4.78, 5) is 25.7. The molecule has 0 atom stereocenters. The molecule has 0 N–H and O–H groups in total. The number of amides is 1. The number of Topliss-reactive ketones (excluding diaryl/α,β-unsaturated/α-hetero) is 1. The van der Waals surface area contributed by atoms with Gasteiger partial charge in [-0.3, -0.25) is 9.59 Å². The van der Waals surface area contributed by atoms with Crippen molar-refractivity contribution in [1.29, 1.82) is 0 Å². The zero-order valence-electron chi connectivity index (χ0n) is 10.5. The third-order valence-corrected chi connectivity index (χ3v) is 3.30. The minimum absolute atomic E-state index is 0.165. The molecule has 0 spiro atoms. The molecule has 21 heavy (non-hydrogen) atoms. The van der Waals surface area contributed by atoms with Gasteiger partial charge in [-0.05, 0) is 0 Å². The van der Waals surface area contributed by atoms with Gasteiger partial charge < -0.3 is 4.57 Å². The number of carbonyl (C=O) groups excluding carboxylic acids is 2. The SMILES string of the molecule is O=C(Cn1ccsc1=NC(=O)C(F)(F)F)c1ccccc1. The zero-order valence-corrected chi connectivity index (χ0v) is 11.3. The molecule has 2 aromatic rings. The van der Waals surface area contributed by atoms with Crippen molar-refractivity contribution in [1.82, 2.24) is 4.57 Å². The number of hydrogen-bond acceptors (Lipinski definition) is 3.